The number of aryl methyl sites for hydroxylation is 1. The number of hydrogen-bond acceptors (Lipinski definition) is 1. The van der Waals surface area contributed by atoms with Crippen molar-refractivity contribution >= 4 is 33.6 Å². The molecule has 0 saturated heterocycles. The Labute approximate surface area is 102 Å². The van der Waals surface area contributed by atoms with Gasteiger partial charge in [0, 0.05) is 20.9 Å². The van der Waals surface area contributed by atoms with Crippen LogP contribution in [-0.4, -0.2) is 0 Å². The fourth-order valence-electron chi connectivity index (χ4n) is 2.13. The van der Waals surface area contributed by atoms with E-state index in [1.807, 2.05) is 0 Å². The van der Waals surface area contributed by atoms with Crippen molar-refractivity contribution in [2.75, 3.05) is 0 Å². The Kier molecular flexibility index (Phi) is 2.31. The maximum atomic E-state index is 5.88. The molecule has 0 bridgehead atoms. The van der Waals surface area contributed by atoms with Gasteiger partial charge < -0.3 is 4.42 Å². The molecule has 1 aliphatic rings. The Morgan fingerprint density at radius 3 is 3.07 bits per heavy atom. The molecule has 0 amide bonds. The van der Waals surface area contributed by atoms with Crippen LogP contribution in [0.5, 0.6) is 0 Å². The molecular formula is C13H11IO. The van der Waals surface area contributed by atoms with Crippen molar-refractivity contribution < 1.29 is 4.42 Å². The highest BCUT2D eigenvalue weighted by Gasteiger charge is 2.14. The molecule has 76 valence electrons. The minimum Gasteiger partial charge on any atom is -0.461 e. The van der Waals surface area contributed by atoms with E-state index in [1.54, 1.807) is 0 Å². The van der Waals surface area contributed by atoms with Crippen LogP contribution in [0.15, 0.2) is 34.8 Å². The summed E-state index contributed by atoms with van der Waals surface area (Å²) in [6.07, 6.45) is 7.65. The molecule has 1 nitrogen and oxygen atoms in total. The Balaban J connectivity index is 2.29. The van der Waals surface area contributed by atoms with Gasteiger partial charge in [-0.05, 0) is 53.6 Å². The number of fused-ring (bicyclic) bond motifs is 3. The van der Waals surface area contributed by atoms with Crippen LogP contribution in [0, 0.1) is 3.57 Å². The van der Waals surface area contributed by atoms with E-state index in [-0.39, 0.29) is 0 Å². The van der Waals surface area contributed by atoms with E-state index in [0.29, 0.717) is 0 Å². The van der Waals surface area contributed by atoms with Gasteiger partial charge in [0.2, 0.25) is 0 Å². The van der Waals surface area contributed by atoms with Gasteiger partial charge in [0.1, 0.15) is 11.3 Å². The third-order valence-corrected chi connectivity index (χ3v) is 3.53. The van der Waals surface area contributed by atoms with Gasteiger partial charge in [-0.15, -0.1) is 0 Å². The summed E-state index contributed by atoms with van der Waals surface area (Å²) in [7, 11) is 0. The summed E-state index contributed by atoms with van der Waals surface area (Å²) in [6.45, 7) is 0. The standard InChI is InChI=1S/C13H11IO/c14-9-6-7-13-11(8-9)10-4-2-1-3-5-12(10)15-13/h1-2,6-8H,3-5H2. The van der Waals surface area contributed by atoms with Crippen molar-refractivity contribution in [3.63, 3.8) is 0 Å². The van der Waals surface area contributed by atoms with Crippen LogP contribution in [0.25, 0.3) is 11.0 Å². The minimum absolute atomic E-state index is 1.02. The molecule has 0 unspecified atom stereocenters. The van der Waals surface area contributed by atoms with Crippen LogP contribution >= 0.6 is 22.6 Å². The second-order valence-electron chi connectivity index (χ2n) is 3.86. The van der Waals surface area contributed by atoms with Crippen LogP contribution in [0.4, 0.5) is 0 Å². The third kappa shape index (κ3) is 1.61. The van der Waals surface area contributed by atoms with Crippen LogP contribution < -0.4 is 0 Å². The van der Waals surface area contributed by atoms with Gasteiger partial charge in [0.15, 0.2) is 0 Å². The molecular weight excluding hydrogens is 299 g/mol. The van der Waals surface area contributed by atoms with Gasteiger partial charge in [-0.2, -0.15) is 0 Å². The maximum absolute atomic E-state index is 5.88. The molecule has 0 atom stereocenters. The first-order valence-corrected chi connectivity index (χ1v) is 6.27. The highest BCUT2D eigenvalue weighted by Crippen LogP contribution is 2.30. The highest BCUT2D eigenvalue weighted by atomic mass is 127. The first-order valence-electron chi connectivity index (χ1n) is 5.19. The largest absolute Gasteiger partial charge is 0.461 e. The molecule has 0 fully saturated rings. The number of halogens is 1. The van der Waals surface area contributed by atoms with Crippen LogP contribution in [0.1, 0.15) is 17.7 Å². The molecule has 0 saturated carbocycles. The van der Waals surface area contributed by atoms with E-state index in [9.17, 15) is 0 Å². The molecule has 0 radical (unpaired) electrons. The molecule has 0 spiro atoms. The average Bonchev–Trinajstić information content (AvgIpc) is 2.44. The fraction of sp³-hybridized carbons (Fsp3) is 0.231. The zero-order valence-corrected chi connectivity index (χ0v) is 10.5. The molecule has 2 aromatic rings. The lowest BCUT2D eigenvalue weighted by Gasteiger charge is -1.94. The molecule has 0 N–H and O–H groups in total. The lowest BCUT2D eigenvalue weighted by Crippen LogP contribution is -1.84. The quantitative estimate of drug-likeness (QED) is 0.528. The van der Waals surface area contributed by atoms with E-state index in [2.05, 4.69) is 52.9 Å². The molecule has 0 aliphatic heterocycles. The second kappa shape index (κ2) is 3.67. The molecule has 1 aromatic heterocycles. The summed E-state index contributed by atoms with van der Waals surface area (Å²) in [4.78, 5) is 0. The van der Waals surface area contributed by atoms with Crippen LogP contribution in [0.2, 0.25) is 0 Å². The number of rotatable bonds is 0. The first kappa shape index (κ1) is 9.46. The van der Waals surface area contributed by atoms with E-state index >= 15 is 0 Å². The normalized spacial score (nSPS) is 15.3. The van der Waals surface area contributed by atoms with Gasteiger partial charge in [-0.3, -0.25) is 0 Å². The van der Waals surface area contributed by atoms with Gasteiger partial charge >= 0.3 is 0 Å². The van der Waals surface area contributed by atoms with E-state index in [4.69, 9.17) is 4.42 Å². The number of benzene rings is 1. The van der Waals surface area contributed by atoms with E-state index in [0.717, 1.165) is 24.8 Å². The fourth-order valence-corrected chi connectivity index (χ4v) is 2.62. The molecule has 1 aliphatic carbocycles. The highest BCUT2D eigenvalue weighted by molar-refractivity contribution is 14.1. The molecule has 3 rings (SSSR count). The Hall–Kier alpha value is -0.770. The minimum atomic E-state index is 1.02. The molecule has 2 heteroatoms. The maximum Gasteiger partial charge on any atom is 0.134 e. The SMILES string of the molecule is Ic1ccc2oc3c(c2c1)CC=CCC3. The summed E-state index contributed by atoms with van der Waals surface area (Å²) in [5.41, 5.74) is 2.42. The predicted octanol–water partition coefficient (Wildman–Crippen LogP) is 4.08. The number of hydrogen-bond donors (Lipinski definition) is 0. The van der Waals surface area contributed by atoms with E-state index < -0.39 is 0 Å². The van der Waals surface area contributed by atoms with Gasteiger partial charge in [0.25, 0.3) is 0 Å². The zero-order valence-electron chi connectivity index (χ0n) is 8.29. The summed E-state index contributed by atoms with van der Waals surface area (Å²) in [6, 6.07) is 6.40. The Bertz CT molecular complexity index is 537. The van der Waals surface area contributed by atoms with Crippen LogP contribution in [0.3, 0.4) is 0 Å². The van der Waals surface area contributed by atoms with Crippen molar-refractivity contribution in [1.29, 1.82) is 0 Å². The summed E-state index contributed by atoms with van der Waals surface area (Å²) < 4.78 is 7.16. The monoisotopic (exact) mass is 310 g/mol. The summed E-state index contributed by atoms with van der Waals surface area (Å²) in [5.74, 6) is 1.18. The smallest absolute Gasteiger partial charge is 0.134 e. The summed E-state index contributed by atoms with van der Waals surface area (Å²) >= 11 is 2.35. The van der Waals surface area contributed by atoms with Crippen molar-refractivity contribution in [2.45, 2.75) is 19.3 Å². The molecule has 1 heterocycles. The lowest BCUT2D eigenvalue weighted by atomic mass is 10.1. The topological polar surface area (TPSA) is 13.1 Å². The van der Waals surface area contributed by atoms with Crippen LogP contribution in [-0.2, 0) is 12.8 Å². The Morgan fingerprint density at radius 2 is 2.13 bits per heavy atom. The summed E-state index contributed by atoms with van der Waals surface area (Å²) in [5, 5.41) is 1.29. The van der Waals surface area contributed by atoms with Crippen molar-refractivity contribution in [3.05, 3.63) is 45.2 Å². The van der Waals surface area contributed by atoms with Crippen molar-refractivity contribution in [2.24, 2.45) is 0 Å². The van der Waals surface area contributed by atoms with E-state index in [1.165, 1.54) is 20.3 Å². The first-order chi connectivity index (χ1) is 7.34. The van der Waals surface area contributed by atoms with Gasteiger partial charge in [0.05, 0.1) is 0 Å². The third-order valence-electron chi connectivity index (χ3n) is 2.86. The lowest BCUT2D eigenvalue weighted by molar-refractivity contribution is 0.546. The number of allylic oxidation sites excluding steroid dienone is 2. The zero-order chi connectivity index (χ0) is 10.3. The average molecular weight is 310 g/mol. The molecule has 15 heavy (non-hydrogen) atoms. The predicted molar refractivity (Wildman–Crippen MR) is 70.1 cm³/mol. The Morgan fingerprint density at radius 1 is 1.20 bits per heavy atom. The van der Waals surface area contributed by atoms with Crippen molar-refractivity contribution in [3.8, 4) is 0 Å². The number of furan rings is 1. The second-order valence-corrected chi connectivity index (χ2v) is 5.10. The van der Waals surface area contributed by atoms with Gasteiger partial charge in [-0.25, -0.2) is 0 Å². The van der Waals surface area contributed by atoms with Crippen molar-refractivity contribution in [1.82, 2.24) is 0 Å². The van der Waals surface area contributed by atoms with Gasteiger partial charge in [-0.1, -0.05) is 12.2 Å². The molecule has 1 aromatic carbocycles.